The molecule has 0 aliphatic carbocycles. The molecule has 22 heavy (non-hydrogen) atoms. The van der Waals surface area contributed by atoms with E-state index < -0.39 is 17.6 Å². The van der Waals surface area contributed by atoms with Crippen molar-refractivity contribution in [2.24, 2.45) is 0 Å². The number of rotatable bonds is 12. The smallest absolute Gasteiger partial charge is 0.377 e. The van der Waals surface area contributed by atoms with Crippen LogP contribution in [0, 0.1) is 0 Å². The molecule has 0 aromatic heterocycles. The number of hydrogen-bond acceptors (Lipinski definition) is 6. The van der Waals surface area contributed by atoms with Crippen LogP contribution in [0.1, 0.15) is 20.8 Å². The summed E-state index contributed by atoms with van der Waals surface area (Å²) in [6.45, 7) is 14.8. The van der Waals surface area contributed by atoms with Gasteiger partial charge in [0, 0.05) is 47.2 Å². The van der Waals surface area contributed by atoms with Crippen molar-refractivity contribution in [3.8, 4) is 0 Å². The lowest BCUT2D eigenvalue weighted by atomic mass is 10.8. The van der Waals surface area contributed by atoms with Crippen LogP contribution in [-0.2, 0) is 26.6 Å². The molecule has 0 saturated heterocycles. The molecule has 0 spiro atoms. The van der Waals surface area contributed by atoms with E-state index in [0.717, 1.165) is 0 Å². The Balaban J connectivity index is 0. The van der Waals surface area contributed by atoms with Crippen molar-refractivity contribution in [2.45, 2.75) is 26.8 Å². The van der Waals surface area contributed by atoms with Gasteiger partial charge in [-0.15, -0.1) is 6.58 Å². The van der Waals surface area contributed by atoms with Crippen molar-refractivity contribution < 1.29 is 26.6 Å². The lowest BCUT2D eigenvalue weighted by Gasteiger charge is -2.24. The van der Waals surface area contributed by atoms with Gasteiger partial charge in [-0.3, -0.25) is 0 Å². The summed E-state index contributed by atoms with van der Waals surface area (Å²) >= 11 is 0. The van der Waals surface area contributed by atoms with Gasteiger partial charge in [0.2, 0.25) is 0 Å². The molecule has 0 radical (unpaired) electrons. The van der Waals surface area contributed by atoms with Gasteiger partial charge in [-0.2, -0.15) is 0 Å². The Labute approximate surface area is 137 Å². The summed E-state index contributed by atoms with van der Waals surface area (Å²) < 4.78 is 31.6. The third kappa shape index (κ3) is 8.96. The average Bonchev–Trinajstić information content (AvgIpc) is 2.54. The highest BCUT2D eigenvalue weighted by molar-refractivity contribution is 6.66. The van der Waals surface area contributed by atoms with Gasteiger partial charge in [0.25, 0.3) is 0 Å². The minimum Gasteiger partial charge on any atom is -0.377 e. The molecule has 0 rings (SSSR count). The molecule has 0 heterocycles. The van der Waals surface area contributed by atoms with Gasteiger partial charge < -0.3 is 26.6 Å². The van der Waals surface area contributed by atoms with Gasteiger partial charge in [0.15, 0.2) is 0 Å². The zero-order valence-electron chi connectivity index (χ0n) is 14.8. The first kappa shape index (κ1) is 23.9. The van der Waals surface area contributed by atoms with Crippen LogP contribution in [0.4, 0.5) is 0 Å². The molecule has 8 heteroatoms. The molecule has 0 aliphatic rings. The fourth-order valence-corrected chi connectivity index (χ4v) is 4.75. The Morgan fingerprint density at radius 1 is 0.773 bits per heavy atom. The minimum absolute atomic E-state index is 0.595. The summed E-state index contributed by atoms with van der Waals surface area (Å²) in [5.41, 5.74) is 1.67. The molecule has 0 saturated carbocycles. The van der Waals surface area contributed by atoms with Gasteiger partial charge in [-0.25, -0.2) is 0 Å². The second-order valence-electron chi connectivity index (χ2n) is 3.89. The van der Waals surface area contributed by atoms with E-state index in [1.165, 1.54) is 0 Å². The Morgan fingerprint density at radius 3 is 1.27 bits per heavy atom. The molecule has 0 aromatic rings. The molecule has 0 amide bonds. The lowest BCUT2D eigenvalue weighted by Crippen LogP contribution is -2.44. The van der Waals surface area contributed by atoms with E-state index in [1.54, 1.807) is 33.1 Å². The van der Waals surface area contributed by atoms with Gasteiger partial charge in [-0.1, -0.05) is 12.7 Å². The Hall–Kier alpha value is -0.326. The predicted molar refractivity (Wildman–Crippen MR) is 92.6 cm³/mol. The molecule has 0 aromatic carbocycles. The Bertz CT molecular complexity index is 259. The highest BCUT2D eigenvalue weighted by atomic mass is 28.4. The highest BCUT2D eigenvalue weighted by Crippen LogP contribution is 2.12. The van der Waals surface area contributed by atoms with Crippen LogP contribution < -0.4 is 0 Å². The molecule has 0 unspecified atom stereocenters. The van der Waals surface area contributed by atoms with Crippen LogP contribution in [0.2, 0.25) is 6.04 Å². The molecular formula is C14H32O6Si2. The monoisotopic (exact) mass is 352 g/mol. The summed E-state index contributed by atoms with van der Waals surface area (Å²) in [6.07, 6.45) is 1.74. The molecule has 0 N–H and O–H groups in total. The van der Waals surface area contributed by atoms with E-state index in [9.17, 15) is 0 Å². The van der Waals surface area contributed by atoms with Crippen LogP contribution in [0.15, 0.2) is 24.9 Å². The maximum atomic E-state index is 5.44. The molecular weight excluding hydrogens is 320 g/mol. The van der Waals surface area contributed by atoms with Crippen molar-refractivity contribution in [1.82, 2.24) is 0 Å². The van der Waals surface area contributed by atoms with Crippen LogP contribution in [0.3, 0.4) is 0 Å². The van der Waals surface area contributed by atoms with Crippen molar-refractivity contribution >= 4 is 17.6 Å². The Morgan fingerprint density at radius 2 is 1.14 bits per heavy atom. The Kier molecular flexibility index (Phi) is 15.5. The molecule has 0 atom stereocenters. The quantitative estimate of drug-likeness (QED) is 0.398. The summed E-state index contributed by atoms with van der Waals surface area (Å²) in [4.78, 5) is 0. The largest absolute Gasteiger partial charge is 0.528 e. The second kappa shape index (κ2) is 14.3. The third-order valence-electron chi connectivity index (χ3n) is 2.61. The number of allylic oxidation sites excluding steroid dienone is 1. The fourth-order valence-electron chi connectivity index (χ4n) is 1.58. The molecule has 0 aliphatic heterocycles. The highest BCUT2D eigenvalue weighted by Gasteiger charge is 2.36. The van der Waals surface area contributed by atoms with E-state index in [-0.39, 0.29) is 0 Å². The molecule has 0 bridgehead atoms. The maximum absolute atomic E-state index is 5.44. The second-order valence-corrected chi connectivity index (χ2v) is 9.38. The first-order chi connectivity index (χ1) is 10.5. The normalized spacial score (nSPS) is 11.5. The molecule has 6 nitrogen and oxygen atoms in total. The van der Waals surface area contributed by atoms with Crippen LogP contribution in [-0.4, -0.2) is 58.8 Å². The minimum atomic E-state index is -2.51. The van der Waals surface area contributed by atoms with Crippen molar-refractivity contribution in [3.05, 3.63) is 24.9 Å². The van der Waals surface area contributed by atoms with E-state index in [0.29, 0.717) is 25.9 Å². The van der Waals surface area contributed by atoms with E-state index in [2.05, 4.69) is 13.2 Å². The standard InChI is InChI=1S/C8H18O3Si.C6H14O3Si/c1-5-9-12(8-4,10-6-2)11-7-3;1-5-6-10(7-2,8-3)9-4/h8H,4-7H2,1-3H3;5H,1,6H2,2-4H3. The van der Waals surface area contributed by atoms with Crippen molar-refractivity contribution in [3.63, 3.8) is 0 Å². The summed E-state index contributed by atoms with van der Waals surface area (Å²) in [6, 6.07) is 0.649. The van der Waals surface area contributed by atoms with Gasteiger partial charge in [-0.05, 0) is 26.5 Å². The SMILES string of the molecule is C=CC[Si](OC)(OC)OC.C=C[Si](OCC)(OCC)OCC. The molecule has 0 fully saturated rings. The third-order valence-corrected chi connectivity index (χ3v) is 7.84. The van der Waals surface area contributed by atoms with E-state index >= 15 is 0 Å². The topological polar surface area (TPSA) is 55.4 Å². The molecule has 132 valence electrons. The average molecular weight is 353 g/mol. The van der Waals surface area contributed by atoms with Crippen molar-refractivity contribution in [2.75, 3.05) is 41.2 Å². The predicted octanol–water partition coefficient (Wildman–Crippen LogP) is 2.81. The fraction of sp³-hybridized carbons (Fsp3) is 0.714. The summed E-state index contributed by atoms with van der Waals surface area (Å²) in [7, 11) is -0.0829. The summed E-state index contributed by atoms with van der Waals surface area (Å²) in [5.74, 6) is 0. The zero-order chi connectivity index (χ0) is 17.5. The zero-order valence-corrected chi connectivity index (χ0v) is 16.8. The van der Waals surface area contributed by atoms with Gasteiger partial charge in [0.1, 0.15) is 0 Å². The van der Waals surface area contributed by atoms with E-state index in [4.69, 9.17) is 26.6 Å². The van der Waals surface area contributed by atoms with Crippen LogP contribution >= 0.6 is 0 Å². The summed E-state index contributed by atoms with van der Waals surface area (Å²) in [5, 5.41) is 0. The first-order valence-corrected chi connectivity index (χ1v) is 11.0. The van der Waals surface area contributed by atoms with Crippen LogP contribution in [0.25, 0.3) is 0 Å². The van der Waals surface area contributed by atoms with Crippen molar-refractivity contribution in [1.29, 1.82) is 0 Å². The lowest BCUT2D eigenvalue weighted by molar-refractivity contribution is 0.0843. The van der Waals surface area contributed by atoms with Gasteiger partial charge >= 0.3 is 17.6 Å². The maximum Gasteiger partial charge on any atom is 0.528 e. The first-order valence-electron chi connectivity index (χ1n) is 7.30. The number of hydrogen-bond donors (Lipinski definition) is 0. The van der Waals surface area contributed by atoms with Gasteiger partial charge in [0.05, 0.1) is 0 Å². The van der Waals surface area contributed by atoms with E-state index in [1.807, 2.05) is 20.8 Å². The van der Waals surface area contributed by atoms with Crippen LogP contribution in [0.5, 0.6) is 0 Å².